The first-order valence-corrected chi connectivity index (χ1v) is 6.97. The smallest absolute Gasteiger partial charge is 0.322 e. The van der Waals surface area contributed by atoms with Crippen LogP contribution in [0, 0.1) is 0 Å². The van der Waals surface area contributed by atoms with Crippen molar-refractivity contribution in [3.63, 3.8) is 0 Å². The first-order chi connectivity index (χ1) is 9.45. The van der Waals surface area contributed by atoms with Gasteiger partial charge in [0.2, 0.25) is 11.8 Å². The molecule has 2 rings (SSSR count). The molecule has 0 spiro atoms. The second-order valence-electron chi connectivity index (χ2n) is 4.11. The highest BCUT2D eigenvalue weighted by molar-refractivity contribution is 8.01. The van der Waals surface area contributed by atoms with Gasteiger partial charge in [0.15, 0.2) is 0 Å². The minimum absolute atomic E-state index is 0.0775. The van der Waals surface area contributed by atoms with Crippen LogP contribution in [-0.4, -0.2) is 34.7 Å². The number of carbonyl (C=O) groups is 3. The summed E-state index contributed by atoms with van der Waals surface area (Å²) < 4.78 is 0. The van der Waals surface area contributed by atoms with Gasteiger partial charge in [-0.1, -0.05) is 11.6 Å². The highest BCUT2D eigenvalue weighted by Crippen LogP contribution is 2.38. The van der Waals surface area contributed by atoms with Gasteiger partial charge in [-0.2, -0.15) is 0 Å². The molecule has 0 saturated carbocycles. The number of amides is 2. The van der Waals surface area contributed by atoms with E-state index >= 15 is 0 Å². The lowest BCUT2D eigenvalue weighted by atomic mass is 10.2. The Balaban J connectivity index is 2.01. The molecule has 2 amide bonds. The van der Waals surface area contributed by atoms with Crippen molar-refractivity contribution in [2.75, 3.05) is 11.9 Å². The fourth-order valence-electron chi connectivity index (χ4n) is 1.67. The van der Waals surface area contributed by atoms with Gasteiger partial charge in [-0.15, -0.1) is 11.8 Å². The highest BCUT2D eigenvalue weighted by atomic mass is 35.5. The lowest BCUT2D eigenvalue weighted by Gasteiger charge is -2.23. The van der Waals surface area contributed by atoms with Crippen molar-refractivity contribution in [1.29, 1.82) is 0 Å². The summed E-state index contributed by atoms with van der Waals surface area (Å²) in [5.41, 5.74) is 0.620. The van der Waals surface area contributed by atoms with Crippen LogP contribution in [0.1, 0.15) is 6.42 Å². The fraction of sp³-hybridized carbons (Fsp3) is 0.250. The Bertz CT molecular complexity index is 579. The van der Waals surface area contributed by atoms with E-state index in [1.165, 1.54) is 11.8 Å². The summed E-state index contributed by atoms with van der Waals surface area (Å²) >= 11 is 7.09. The van der Waals surface area contributed by atoms with Crippen LogP contribution in [0.4, 0.5) is 5.69 Å². The Morgan fingerprint density at radius 1 is 1.45 bits per heavy atom. The van der Waals surface area contributed by atoms with Crippen molar-refractivity contribution in [3.8, 4) is 0 Å². The summed E-state index contributed by atoms with van der Waals surface area (Å²) in [6, 6.07) is 5.11. The van der Waals surface area contributed by atoms with Crippen molar-refractivity contribution in [2.24, 2.45) is 0 Å². The molecule has 1 aliphatic heterocycles. The van der Waals surface area contributed by atoms with E-state index in [0.717, 1.165) is 4.90 Å². The third kappa shape index (κ3) is 3.64. The molecule has 3 N–H and O–H groups in total. The van der Waals surface area contributed by atoms with Crippen LogP contribution in [-0.2, 0) is 14.4 Å². The number of aliphatic carboxylic acids is 1. The molecule has 1 aromatic carbocycles. The summed E-state index contributed by atoms with van der Waals surface area (Å²) in [7, 11) is 0. The van der Waals surface area contributed by atoms with Crippen LogP contribution in [0.2, 0.25) is 5.02 Å². The Morgan fingerprint density at radius 2 is 2.20 bits per heavy atom. The minimum atomic E-state index is -1.13. The minimum Gasteiger partial charge on any atom is -0.480 e. The van der Waals surface area contributed by atoms with Gasteiger partial charge >= 0.3 is 5.97 Å². The Kier molecular flexibility index (Phi) is 4.51. The molecule has 0 fully saturated rings. The Morgan fingerprint density at radius 3 is 2.90 bits per heavy atom. The number of anilines is 1. The number of hydrogen-bond donors (Lipinski definition) is 3. The molecular formula is C12H11ClN2O4S. The summed E-state index contributed by atoms with van der Waals surface area (Å²) in [4.78, 5) is 34.6. The van der Waals surface area contributed by atoms with E-state index in [9.17, 15) is 14.4 Å². The summed E-state index contributed by atoms with van der Waals surface area (Å²) in [6.45, 7) is -0.454. The monoisotopic (exact) mass is 314 g/mol. The number of thioether (sulfide) groups is 1. The second-order valence-corrected chi connectivity index (χ2v) is 5.79. The largest absolute Gasteiger partial charge is 0.480 e. The first kappa shape index (κ1) is 14.7. The third-order valence-corrected chi connectivity index (χ3v) is 4.08. The van der Waals surface area contributed by atoms with E-state index in [1.807, 2.05) is 0 Å². The zero-order valence-corrected chi connectivity index (χ0v) is 11.8. The van der Waals surface area contributed by atoms with Crippen LogP contribution in [0.25, 0.3) is 0 Å². The van der Waals surface area contributed by atoms with Crippen LogP contribution < -0.4 is 10.6 Å². The molecular weight excluding hydrogens is 304 g/mol. The molecule has 20 heavy (non-hydrogen) atoms. The van der Waals surface area contributed by atoms with Crippen molar-refractivity contribution in [2.45, 2.75) is 16.6 Å². The number of halogens is 1. The number of carbonyl (C=O) groups excluding carboxylic acids is 2. The number of benzene rings is 1. The molecule has 0 bridgehead atoms. The third-order valence-electron chi connectivity index (χ3n) is 2.57. The van der Waals surface area contributed by atoms with Gasteiger partial charge in [0, 0.05) is 16.3 Å². The van der Waals surface area contributed by atoms with Crippen LogP contribution in [0.5, 0.6) is 0 Å². The molecule has 6 nitrogen and oxygen atoms in total. The van der Waals surface area contributed by atoms with Gasteiger partial charge in [0.25, 0.3) is 0 Å². The Labute approximate surface area is 123 Å². The average Bonchev–Trinajstić information content (AvgIpc) is 2.37. The van der Waals surface area contributed by atoms with E-state index in [2.05, 4.69) is 10.6 Å². The summed E-state index contributed by atoms with van der Waals surface area (Å²) in [5, 5.41) is 13.3. The zero-order chi connectivity index (χ0) is 14.7. The predicted octanol–water partition coefficient (Wildman–Crippen LogP) is 1.34. The number of carboxylic acids is 1. The zero-order valence-electron chi connectivity index (χ0n) is 10.2. The number of rotatable bonds is 4. The average molecular weight is 315 g/mol. The molecule has 1 heterocycles. The molecule has 1 atom stereocenters. The molecule has 1 aromatic rings. The van der Waals surface area contributed by atoms with Gasteiger partial charge in [-0.25, -0.2) is 0 Å². The van der Waals surface area contributed by atoms with Crippen molar-refractivity contribution >= 4 is 46.8 Å². The molecule has 1 unspecified atom stereocenters. The van der Waals surface area contributed by atoms with Gasteiger partial charge in [-0.05, 0) is 18.2 Å². The highest BCUT2D eigenvalue weighted by Gasteiger charge is 2.29. The van der Waals surface area contributed by atoms with E-state index < -0.39 is 23.7 Å². The molecule has 0 aliphatic carbocycles. The maximum absolute atomic E-state index is 11.9. The number of fused-ring (bicyclic) bond motifs is 1. The van der Waals surface area contributed by atoms with Gasteiger partial charge < -0.3 is 15.7 Å². The van der Waals surface area contributed by atoms with E-state index in [0.29, 0.717) is 10.7 Å². The molecule has 106 valence electrons. The van der Waals surface area contributed by atoms with Crippen LogP contribution in [0.3, 0.4) is 0 Å². The van der Waals surface area contributed by atoms with Crippen LogP contribution in [0.15, 0.2) is 23.1 Å². The molecule has 8 heteroatoms. The number of hydrogen-bond acceptors (Lipinski definition) is 4. The van der Waals surface area contributed by atoms with E-state index in [-0.39, 0.29) is 12.3 Å². The van der Waals surface area contributed by atoms with E-state index in [1.54, 1.807) is 18.2 Å². The first-order valence-electron chi connectivity index (χ1n) is 5.71. The quantitative estimate of drug-likeness (QED) is 0.779. The Hall–Kier alpha value is -1.73. The van der Waals surface area contributed by atoms with Crippen molar-refractivity contribution in [1.82, 2.24) is 5.32 Å². The molecule has 0 aromatic heterocycles. The van der Waals surface area contributed by atoms with Gasteiger partial charge in [0.1, 0.15) is 6.54 Å². The van der Waals surface area contributed by atoms with Crippen LogP contribution >= 0.6 is 23.4 Å². The van der Waals surface area contributed by atoms with Crippen molar-refractivity contribution in [3.05, 3.63) is 23.2 Å². The standard InChI is InChI=1S/C12H11ClN2O4S/c13-6-1-2-8-7(3-6)15-12(19)9(20-8)4-10(16)14-5-11(17)18/h1-3,9H,4-5H2,(H,14,16)(H,15,19)(H,17,18). The number of carboxylic acid groups (broad SMARTS) is 1. The molecule has 0 radical (unpaired) electrons. The normalized spacial score (nSPS) is 17.1. The van der Waals surface area contributed by atoms with E-state index in [4.69, 9.17) is 16.7 Å². The SMILES string of the molecule is O=C(O)CNC(=O)CC1Sc2ccc(Cl)cc2NC1=O. The molecule has 1 aliphatic rings. The summed E-state index contributed by atoms with van der Waals surface area (Å²) in [6.07, 6.45) is -0.0775. The maximum atomic E-state index is 11.9. The summed E-state index contributed by atoms with van der Waals surface area (Å²) in [5.74, 6) is -1.90. The fourth-order valence-corrected chi connectivity index (χ4v) is 2.93. The lowest BCUT2D eigenvalue weighted by Crippen LogP contribution is -2.36. The predicted molar refractivity (Wildman–Crippen MR) is 75.0 cm³/mol. The van der Waals surface area contributed by atoms with Gasteiger partial charge in [0.05, 0.1) is 10.9 Å². The second kappa shape index (κ2) is 6.15. The topological polar surface area (TPSA) is 95.5 Å². The lowest BCUT2D eigenvalue weighted by molar-refractivity contribution is -0.137. The molecule has 0 saturated heterocycles. The maximum Gasteiger partial charge on any atom is 0.322 e. The van der Waals surface area contributed by atoms with Crippen molar-refractivity contribution < 1.29 is 19.5 Å². The number of nitrogens with one attached hydrogen (secondary N) is 2. The van der Waals surface area contributed by atoms with Gasteiger partial charge in [-0.3, -0.25) is 14.4 Å².